The highest BCUT2D eigenvalue weighted by molar-refractivity contribution is 5.94. The van der Waals surface area contributed by atoms with E-state index in [1.807, 2.05) is 11.0 Å². The number of carbonyl (C=O) groups is 2. The second kappa shape index (κ2) is 9.96. The maximum atomic E-state index is 12.7. The van der Waals surface area contributed by atoms with Crippen LogP contribution in [0.5, 0.6) is 0 Å². The van der Waals surface area contributed by atoms with Crippen molar-refractivity contribution in [3.05, 3.63) is 29.8 Å². The lowest BCUT2D eigenvalue weighted by atomic mass is 9.80. The van der Waals surface area contributed by atoms with Crippen LogP contribution in [0, 0.1) is 23.2 Å². The number of amides is 2. The van der Waals surface area contributed by atoms with Gasteiger partial charge < -0.3 is 10.2 Å². The van der Waals surface area contributed by atoms with Gasteiger partial charge in [-0.1, -0.05) is 26.0 Å². The number of benzene rings is 1. The summed E-state index contributed by atoms with van der Waals surface area (Å²) >= 11 is 0. The van der Waals surface area contributed by atoms with E-state index >= 15 is 0 Å². The summed E-state index contributed by atoms with van der Waals surface area (Å²) in [6, 6.07) is 9.13. The van der Waals surface area contributed by atoms with Crippen molar-refractivity contribution in [1.29, 1.82) is 5.26 Å². The van der Waals surface area contributed by atoms with Crippen molar-refractivity contribution in [2.45, 2.75) is 52.4 Å². The minimum atomic E-state index is -0.0865. The van der Waals surface area contributed by atoms with Crippen LogP contribution in [0.2, 0.25) is 0 Å². The summed E-state index contributed by atoms with van der Waals surface area (Å²) in [5, 5.41) is 12.0. The lowest BCUT2D eigenvalue weighted by molar-refractivity contribution is -0.138. The first-order valence-corrected chi connectivity index (χ1v) is 9.69. The van der Waals surface area contributed by atoms with Crippen molar-refractivity contribution in [2.24, 2.45) is 11.8 Å². The Bertz CT molecular complexity index is 651. The van der Waals surface area contributed by atoms with Gasteiger partial charge in [0.25, 0.3) is 0 Å². The molecule has 0 aliphatic heterocycles. The molecular formula is C21H29N3O2. The Hall–Kier alpha value is -2.35. The van der Waals surface area contributed by atoms with E-state index in [0.717, 1.165) is 51.6 Å². The van der Waals surface area contributed by atoms with E-state index < -0.39 is 0 Å². The molecule has 0 saturated heterocycles. The third-order valence-electron chi connectivity index (χ3n) is 5.05. The highest BCUT2D eigenvalue weighted by atomic mass is 16.2. The fraction of sp³-hybridized carbons (Fsp3) is 0.571. The van der Waals surface area contributed by atoms with Crippen LogP contribution in [-0.4, -0.2) is 29.8 Å². The molecule has 0 bridgehead atoms. The number of nitrogens with one attached hydrogen (secondary N) is 1. The summed E-state index contributed by atoms with van der Waals surface area (Å²) in [5.41, 5.74) is 1.04. The Morgan fingerprint density at radius 3 is 2.23 bits per heavy atom. The molecule has 0 unspecified atom stereocenters. The van der Waals surface area contributed by atoms with Crippen molar-refractivity contribution >= 4 is 17.5 Å². The molecule has 0 atom stereocenters. The minimum absolute atomic E-state index is 0.0439. The number of hydrogen-bond acceptors (Lipinski definition) is 3. The summed E-state index contributed by atoms with van der Waals surface area (Å²) in [7, 11) is 0. The number of nitrogens with zero attached hydrogens (tertiary/aromatic N) is 2. The zero-order valence-corrected chi connectivity index (χ0v) is 15.8. The quantitative estimate of drug-likeness (QED) is 0.805. The van der Waals surface area contributed by atoms with E-state index in [0.29, 0.717) is 11.3 Å². The van der Waals surface area contributed by atoms with Gasteiger partial charge in [-0.25, -0.2) is 0 Å². The maximum Gasteiger partial charge on any atom is 0.227 e. The van der Waals surface area contributed by atoms with E-state index in [1.165, 1.54) is 0 Å². The monoisotopic (exact) mass is 355 g/mol. The molecule has 5 nitrogen and oxygen atoms in total. The third kappa shape index (κ3) is 5.08. The van der Waals surface area contributed by atoms with Gasteiger partial charge in [0.15, 0.2) is 0 Å². The molecule has 1 aromatic carbocycles. The van der Waals surface area contributed by atoms with Crippen LogP contribution in [0.25, 0.3) is 0 Å². The highest BCUT2D eigenvalue weighted by Crippen LogP contribution is 2.31. The molecule has 1 aromatic rings. The molecule has 2 amide bonds. The average molecular weight is 355 g/mol. The SMILES string of the molecule is CCCN(CCC)C(=O)C1CCC(C(=O)Nc2ccccc2C#N)CC1. The lowest BCUT2D eigenvalue weighted by Gasteiger charge is -2.31. The number of rotatable bonds is 7. The molecule has 0 aromatic heterocycles. The van der Waals surface area contributed by atoms with E-state index in [1.54, 1.807) is 18.2 Å². The largest absolute Gasteiger partial charge is 0.342 e. The van der Waals surface area contributed by atoms with Gasteiger partial charge in [-0.3, -0.25) is 9.59 Å². The van der Waals surface area contributed by atoms with Crippen LogP contribution in [0.4, 0.5) is 5.69 Å². The smallest absolute Gasteiger partial charge is 0.227 e. The van der Waals surface area contributed by atoms with Crippen molar-refractivity contribution in [2.75, 3.05) is 18.4 Å². The van der Waals surface area contributed by atoms with Crippen molar-refractivity contribution in [3.8, 4) is 6.07 Å². The predicted octanol–water partition coefficient (Wildman–Crippen LogP) is 3.95. The molecule has 2 rings (SSSR count). The van der Waals surface area contributed by atoms with Crippen LogP contribution in [0.1, 0.15) is 57.9 Å². The average Bonchev–Trinajstić information content (AvgIpc) is 2.67. The molecular weight excluding hydrogens is 326 g/mol. The van der Waals surface area contributed by atoms with E-state index in [4.69, 9.17) is 5.26 Å². The van der Waals surface area contributed by atoms with Crippen LogP contribution in [0.3, 0.4) is 0 Å². The van der Waals surface area contributed by atoms with Gasteiger partial charge in [-0.05, 0) is 50.7 Å². The van der Waals surface area contributed by atoms with Gasteiger partial charge in [0.2, 0.25) is 11.8 Å². The lowest BCUT2D eigenvalue weighted by Crippen LogP contribution is -2.39. The van der Waals surface area contributed by atoms with Crippen LogP contribution in [0.15, 0.2) is 24.3 Å². The number of para-hydroxylation sites is 1. The Kier molecular flexibility index (Phi) is 7.65. The highest BCUT2D eigenvalue weighted by Gasteiger charge is 2.32. The van der Waals surface area contributed by atoms with Gasteiger partial charge in [0.1, 0.15) is 6.07 Å². The molecule has 1 N–H and O–H groups in total. The van der Waals surface area contributed by atoms with Gasteiger partial charge in [0, 0.05) is 24.9 Å². The van der Waals surface area contributed by atoms with Crippen LogP contribution < -0.4 is 5.32 Å². The summed E-state index contributed by atoms with van der Waals surface area (Å²) in [6.07, 6.45) is 4.93. The Labute approximate surface area is 156 Å². The van der Waals surface area contributed by atoms with E-state index in [2.05, 4.69) is 25.2 Å². The zero-order valence-electron chi connectivity index (χ0n) is 15.8. The third-order valence-corrected chi connectivity index (χ3v) is 5.05. The predicted molar refractivity (Wildman–Crippen MR) is 102 cm³/mol. The normalized spacial score (nSPS) is 19.4. The fourth-order valence-corrected chi connectivity index (χ4v) is 3.66. The van der Waals surface area contributed by atoms with Crippen molar-refractivity contribution in [3.63, 3.8) is 0 Å². The molecule has 140 valence electrons. The van der Waals surface area contributed by atoms with Gasteiger partial charge >= 0.3 is 0 Å². The van der Waals surface area contributed by atoms with Gasteiger partial charge in [-0.2, -0.15) is 5.26 Å². The zero-order chi connectivity index (χ0) is 18.9. The molecule has 1 aliphatic carbocycles. The molecule has 0 radical (unpaired) electrons. The van der Waals surface area contributed by atoms with Crippen molar-refractivity contribution in [1.82, 2.24) is 4.90 Å². The standard InChI is InChI=1S/C21H29N3O2/c1-3-13-24(14-4-2)21(26)17-11-9-16(10-12-17)20(25)23-19-8-6-5-7-18(19)15-22/h5-8,16-17H,3-4,9-14H2,1-2H3,(H,23,25). The Balaban J connectivity index is 1.90. The van der Waals surface area contributed by atoms with Gasteiger partial charge in [0.05, 0.1) is 11.3 Å². The minimum Gasteiger partial charge on any atom is -0.342 e. The Morgan fingerprint density at radius 1 is 1.08 bits per heavy atom. The molecule has 0 heterocycles. The van der Waals surface area contributed by atoms with Crippen LogP contribution >= 0.6 is 0 Å². The number of anilines is 1. The number of carbonyl (C=O) groups excluding carboxylic acids is 2. The molecule has 0 spiro atoms. The van der Waals surface area contributed by atoms with Crippen LogP contribution in [-0.2, 0) is 9.59 Å². The Morgan fingerprint density at radius 2 is 1.65 bits per heavy atom. The summed E-state index contributed by atoms with van der Waals surface area (Å²) in [4.78, 5) is 27.2. The number of hydrogen-bond donors (Lipinski definition) is 1. The fourth-order valence-electron chi connectivity index (χ4n) is 3.66. The summed E-state index contributed by atoms with van der Waals surface area (Å²) in [5.74, 6) is 0.167. The van der Waals surface area contributed by atoms with E-state index in [-0.39, 0.29) is 23.7 Å². The number of nitriles is 1. The van der Waals surface area contributed by atoms with E-state index in [9.17, 15) is 9.59 Å². The molecule has 1 saturated carbocycles. The first-order chi connectivity index (χ1) is 12.6. The second-order valence-corrected chi connectivity index (χ2v) is 7.02. The summed E-state index contributed by atoms with van der Waals surface area (Å²) in [6.45, 7) is 5.82. The van der Waals surface area contributed by atoms with Crippen molar-refractivity contribution < 1.29 is 9.59 Å². The first-order valence-electron chi connectivity index (χ1n) is 9.69. The molecule has 5 heteroatoms. The molecule has 1 fully saturated rings. The summed E-state index contributed by atoms with van der Waals surface area (Å²) < 4.78 is 0. The second-order valence-electron chi connectivity index (χ2n) is 7.02. The first kappa shape index (κ1) is 20.0. The topological polar surface area (TPSA) is 73.2 Å². The molecule has 1 aliphatic rings. The maximum absolute atomic E-state index is 12.7. The van der Waals surface area contributed by atoms with Gasteiger partial charge in [-0.15, -0.1) is 0 Å². The molecule has 26 heavy (non-hydrogen) atoms.